The van der Waals surface area contributed by atoms with Gasteiger partial charge in [-0.15, -0.1) is 0 Å². The van der Waals surface area contributed by atoms with Gasteiger partial charge in [0.2, 0.25) is 0 Å². The first-order chi connectivity index (χ1) is 8.57. The van der Waals surface area contributed by atoms with Crippen LogP contribution in [0, 0.1) is 5.92 Å². The molecule has 1 aromatic rings. The number of allylic oxidation sites excluding steroid dienone is 1. The summed E-state index contributed by atoms with van der Waals surface area (Å²) in [6, 6.07) is 5.65. The molecule has 1 aliphatic rings. The van der Waals surface area contributed by atoms with E-state index < -0.39 is 11.7 Å². The van der Waals surface area contributed by atoms with Gasteiger partial charge in [-0.2, -0.15) is 13.2 Å². The lowest BCUT2D eigenvalue weighted by Crippen LogP contribution is -2.13. The zero-order valence-electron chi connectivity index (χ0n) is 9.91. The number of benzene rings is 1. The maximum atomic E-state index is 12.8. The summed E-state index contributed by atoms with van der Waals surface area (Å²) in [5.74, 6) is 0.319. The quantitative estimate of drug-likeness (QED) is 0.772. The summed E-state index contributed by atoms with van der Waals surface area (Å²) in [6.07, 6.45) is 0.915. The minimum absolute atomic E-state index is 0.233. The number of hydrogen-bond acceptors (Lipinski definition) is 1. The van der Waals surface area contributed by atoms with Gasteiger partial charge in [0.15, 0.2) is 0 Å². The Morgan fingerprint density at radius 1 is 1.11 bits per heavy atom. The molecule has 1 aromatic carbocycles. The van der Waals surface area contributed by atoms with Gasteiger partial charge in [-0.05, 0) is 30.4 Å². The van der Waals surface area contributed by atoms with Gasteiger partial charge in [-0.1, -0.05) is 30.4 Å². The smallest absolute Gasteiger partial charge is 0.381 e. The topological polar surface area (TPSA) is 9.23 Å². The summed E-state index contributed by atoms with van der Waals surface area (Å²) in [5, 5.41) is 0. The van der Waals surface area contributed by atoms with E-state index >= 15 is 0 Å². The minimum Gasteiger partial charge on any atom is -0.381 e. The fourth-order valence-corrected chi connectivity index (χ4v) is 2.05. The summed E-state index contributed by atoms with van der Waals surface area (Å²) in [6.45, 7) is 1.38. The number of alkyl halides is 3. The van der Waals surface area contributed by atoms with E-state index in [1.807, 2.05) is 6.08 Å². The molecule has 2 rings (SSSR count). The van der Waals surface area contributed by atoms with Crippen LogP contribution in [0.2, 0.25) is 0 Å². The van der Waals surface area contributed by atoms with Crippen molar-refractivity contribution in [3.05, 3.63) is 41.5 Å². The van der Waals surface area contributed by atoms with Gasteiger partial charge in [0.05, 0.1) is 5.56 Å². The molecule has 0 bridgehead atoms. The monoisotopic (exact) mass is 256 g/mol. The lowest BCUT2D eigenvalue weighted by Gasteiger charge is -2.18. The van der Waals surface area contributed by atoms with Crippen molar-refractivity contribution in [1.29, 1.82) is 0 Å². The normalized spacial score (nSPS) is 18.4. The highest BCUT2D eigenvalue weighted by molar-refractivity contribution is 5.54. The largest absolute Gasteiger partial charge is 0.416 e. The van der Waals surface area contributed by atoms with Crippen LogP contribution in [0.25, 0.3) is 6.08 Å². The molecule has 1 nitrogen and oxygen atoms in total. The summed E-state index contributed by atoms with van der Waals surface area (Å²) < 4.78 is 43.5. The van der Waals surface area contributed by atoms with Crippen LogP contribution in [0.15, 0.2) is 30.3 Å². The first-order valence-corrected chi connectivity index (χ1v) is 5.99. The van der Waals surface area contributed by atoms with Crippen molar-refractivity contribution in [2.45, 2.75) is 19.0 Å². The Balaban J connectivity index is 2.15. The fourth-order valence-electron chi connectivity index (χ4n) is 2.05. The Kier molecular flexibility index (Phi) is 4.07. The highest BCUT2D eigenvalue weighted by Crippen LogP contribution is 2.32. The van der Waals surface area contributed by atoms with Crippen LogP contribution in [-0.4, -0.2) is 13.2 Å². The maximum Gasteiger partial charge on any atom is 0.416 e. The summed E-state index contributed by atoms with van der Waals surface area (Å²) in [7, 11) is 0. The van der Waals surface area contributed by atoms with Crippen molar-refractivity contribution in [3.63, 3.8) is 0 Å². The van der Waals surface area contributed by atoms with Crippen molar-refractivity contribution in [2.75, 3.05) is 13.2 Å². The Morgan fingerprint density at radius 3 is 2.44 bits per heavy atom. The molecule has 0 radical (unpaired) electrons. The predicted molar refractivity (Wildman–Crippen MR) is 64.0 cm³/mol. The number of halogens is 3. The van der Waals surface area contributed by atoms with E-state index in [1.165, 1.54) is 12.1 Å². The van der Waals surface area contributed by atoms with Gasteiger partial charge in [-0.25, -0.2) is 0 Å². The average molecular weight is 256 g/mol. The SMILES string of the molecule is FC(F)(F)c1ccccc1C=CC1CCOCC1. The zero-order chi connectivity index (χ0) is 13.0. The van der Waals surface area contributed by atoms with E-state index in [1.54, 1.807) is 12.1 Å². The molecule has 18 heavy (non-hydrogen) atoms. The van der Waals surface area contributed by atoms with Gasteiger partial charge < -0.3 is 4.74 Å². The van der Waals surface area contributed by atoms with E-state index in [9.17, 15) is 13.2 Å². The molecule has 0 atom stereocenters. The number of ether oxygens (including phenoxy) is 1. The second-order valence-electron chi connectivity index (χ2n) is 4.39. The van der Waals surface area contributed by atoms with E-state index in [0.717, 1.165) is 18.9 Å². The molecule has 0 unspecified atom stereocenters. The summed E-state index contributed by atoms with van der Waals surface area (Å²) in [4.78, 5) is 0. The fraction of sp³-hybridized carbons (Fsp3) is 0.429. The Morgan fingerprint density at radius 2 is 1.78 bits per heavy atom. The van der Waals surface area contributed by atoms with Crippen LogP contribution in [0.1, 0.15) is 24.0 Å². The Bertz CT molecular complexity index is 417. The standard InChI is InChI=1S/C14H15F3O/c15-14(16,17)13-4-2-1-3-12(13)6-5-11-7-9-18-10-8-11/h1-6,11H,7-10H2. The van der Waals surface area contributed by atoms with Crippen molar-refractivity contribution < 1.29 is 17.9 Å². The van der Waals surface area contributed by atoms with Crippen molar-refractivity contribution in [2.24, 2.45) is 5.92 Å². The summed E-state index contributed by atoms with van der Waals surface area (Å²) >= 11 is 0. The van der Waals surface area contributed by atoms with Crippen molar-refractivity contribution in [3.8, 4) is 0 Å². The van der Waals surface area contributed by atoms with E-state index in [0.29, 0.717) is 19.1 Å². The maximum absolute atomic E-state index is 12.8. The molecule has 0 aromatic heterocycles. The van der Waals surface area contributed by atoms with Gasteiger partial charge in [-0.3, -0.25) is 0 Å². The van der Waals surface area contributed by atoms with Crippen LogP contribution in [0.3, 0.4) is 0 Å². The molecule has 1 heterocycles. The molecule has 1 saturated heterocycles. The molecule has 0 amide bonds. The lowest BCUT2D eigenvalue weighted by molar-refractivity contribution is -0.137. The highest BCUT2D eigenvalue weighted by atomic mass is 19.4. The van der Waals surface area contributed by atoms with Gasteiger partial charge in [0, 0.05) is 13.2 Å². The summed E-state index contributed by atoms with van der Waals surface area (Å²) in [5.41, 5.74) is -0.343. The van der Waals surface area contributed by atoms with Crippen LogP contribution in [0.5, 0.6) is 0 Å². The second-order valence-corrected chi connectivity index (χ2v) is 4.39. The van der Waals surface area contributed by atoms with Crippen molar-refractivity contribution >= 4 is 6.08 Å². The predicted octanol–water partition coefficient (Wildman–Crippen LogP) is 4.15. The van der Waals surface area contributed by atoms with Crippen molar-refractivity contribution in [1.82, 2.24) is 0 Å². The molecule has 1 aliphatic heterocycles. The third-order valence-electron chi connectivity index (χ3n) is 3.08. The van der Waals surface area contributed by atoms with Crippen LogP contribution in [-0.2, 0) is 10.9 Å². The van der Waals surface area contributed by atoms with Gasteiger partial charge >= 0.3 is 6.18 Å². The number of hydrogen-bond donors (Lipinski definition) is 0. The molecule has 0 saturated carbocycles. The van der Waals surface area contributed by atoms with Crippen LogP contribution < -0.4 is 0 Å². The number of rotatable bonds is 2. The third kappa shape index (κ3) is 3.35. The Hall–Kier alpha value is -1.29. The van der Waals surface area contributed by atoms with E-state index in [-0.39, 0.29) is 5.56 Å². The van der Waals surface area contributed by atoms with Crippen LogP contribution >= 0.6 is 0 Å². The third-order valence-corrected chi connectivity index (χ3v) is 3.08. The van der Waals surface area contributed by atoms with Gasteiger partial charge in [0.1, 0.15) is 0 Å². The molecule has 0 aliphatic carbocycles. The zero-order valence-corrected chi connectivity index (χ0v) is 9.91. The minimum atomic E-state index is -4.30. The molecule has 0 spiro atoms. The molecule has 4 heteroatoms. The molecular formula is C14H15F3O. The average Bonchev–Trinajstić information content (AvgIpc) is 2.37. The Labute approximate surface area is 104 Å². The second kappa shape index (κ2) is 5.57. The molecule has 98 valence electrons. The van der Waals surface area contributed by atoms with E-state index in [4.69, 9.17) is 4.74 Å². The van der Waals surface area contributed by atoms with Gasteiger partial charge in [0.25, 0.3) is 0 Å². The molecule has 1 fully saturated rings. The van der Waals surface area contributed by atoms with E-state index in [2.05, 4.69) is 0 Å². The molecule has 0 N–H and O–H groups in total. The highest BCUT2D eigenvalue weighted by Gasteiger charge is 2.32. The first kappa shape index (κ1) is 13.1. The van der Waals surface area contributed by atoms with Crippen LogP contribution in [0.4, 0.5) is 13.2 Å². The lowest BCUT2D eigenvalue weighted by atomic mass is 9.97. The molecular weight excluding hydrogens is 241 g/mol. The first-order valence-electron chi connectivity index (χ1n) is 5.99.